The minimum Gasteiger partial charge on any atom is -0.326 e. The number of amides is 1. The summed E-state index contributed by atoms with van der Waals surface area (Å²) in [6.07, 6.45) is 0. The third kappa shape index (κ3) is 5.02. The molecule has 0 saturated carbocycles. The smallest absolute Gasteiger partial charge is 0.221 e. The van der Waals surface area contributed by atoms with Crippen molar-refractivity contribution < 1.29 is 13.4 Å². The first kappa shape index (κ1) is 16.8. The second-order valence-corrected chi connectivity index (χ2v) is 7.67. The number of rotatable bonds is 4. The molecule has 0 spiro atoms. The van der Waals surface area contributed by atoms with Crippen molar-refractivity contribution in [3.63, 3.8) is 0 Å². The van der Waals surface area contributed by atoms with E-state index in [4.69, 9.17) is 0 Å². The third-order valence-electron chi connectivity index (χ3n) is 2.58. The number of carbonyl (C=O) groups excluding carboxylic acids is 1. The lowest BCUT2D eigenvalue weighted by molar-refractivity contribution is -0.114. The Morgan fingerprint density at radius 2 is 1.90 bits per heavy atom. The van der Waals surface area contributed by atoms with Crippen LogP contribution in [0.5, 0.6) is 0 Å². The molecule has 0 aliphatic heterocycles. The summed E-state index contributed by atoms with van der Waals surface area (Å²) in [4.78, 5) is 11.0. The summed E-state index contributed by atoms with van der Waals surface area (Å²) in [5, 5.41) is 2.54. The Labute approximate surface area is 121 Å². The van der Waals surface area contributed by atoms with Gasteiger partial charge in [-0.25, -0.2) is 13.3 Å². The minimum atomic E-state index is -1.25. The molecule has 2 atom stereocenters. The van der Waals surface area contributed by atoms with E-state index < -0.39 is 21.5 Å². The van der Waals surface area contributed by atoms with E-state index in [1.165, 1.54) is 19.1 Å². The largest absolute Gasteiger partial charge is 0.326 e. The SMILES string of the molecule is CC(=O)Nc1cc(F)cc([C@@H](C)NS(=O)C(C)(C)C)c1. The van der Waals surface area contributed by atoms with Gasteiger partial charge in [-0.15, -0.1) is 0 Å². The van der Waals surface area contributed by atoms with Gasteiger partial charge in [-0.3, -0.25) is 4.79 Å². The van der Waals surface area contributed by atoms with Crippen LogP contribution in [0.25, 0.3) is 0 Å². The lowest BCUT2D eigenvalue weighted by Crippen LogP contribution is -2.34. The van der Waals surface area contributed by atoms with Gasteiger partial charge in [-0.1, -0.05) is 0 Å². The molecule has 0 fully saturated rings. The van der Waals surface area contributed by atoms with E-state index in [1.807, 2.05) is 20.8 Å². The van der Waals surface area contributed by atoms with Crippen molar-refractivity contribution >= 4 is 22.6 Å². The monoisotopic (exact) mass is 300 g/mol. The predicted molar refractivity (Wildman–Crippen MR) is 80.1 cm³/mol. The molecule has 0 aliphatic rings. The van der Waals surface area contributed by atoms with Gasteiger partial charge >= 0.3 is 0 Å². The lowest BCUT2D eigenvalue weighted by atomic mass is 10.1. The van der Waals surface area contributed by atoms with Crippen LogP contribution < -0.4 is 10.0 Å². The topological polar surface area (TPSA) is 58.2 Å². The molecular weight excluding hydrogens is 279 g/mol. The first-order valence-corrected chi connectivity index (χ1v) is 7.50. The Morgan fingerprint density at radius 1 is 1.30 bits per heavy atom. The van der Waals surface area contributed by atoms with Crippen LogP contribution in [0, 0.1) is 5.82 Å². The summed E-state index contributed by atoms with van der Waals surface area (Å²) >= 11 is 0. The molecule has 4 nitrogen and oxygen atoms in total. The molecule has 0 aliphatic carbocycles. The standard InChI is InChI=1S/C14H21FN2O2S/c1-9(17-20(19)14(3,4)5)11-6-12(15)8-13(7-11)16-10(2)18/h6-9,17H,1-5H3,(H,16,18)/t9-,20?/m1/s1. The van der Waals surface area contributed by atoms with E-state index in [-0.39, 0.29) is 11.9 Å². The molecule has 0 heterocycles. The van der Waals surface area contributed by atoms with Crippen molar-refractivity contribution in [2.24, 2.45) is 0 Å². The molecule has 1 aromatic carbocycles. The molecule has 0 aromatic heterocycles. The van der Waals surface area contributed by atoms with Gasteiger partial charge in [0.05, 0.1) is 15.7 Å². The highest BCUT2D eigenvalue weighted by atomic mass is 32.2. The molecule has 1 rings (SSSR count). The van der Waals surface area contributed by atoms with Crippen molar-refractivity contribution in [2.75, 3.05) is 5.32 Å². The molecule has 0 bridgehead atoms. The van der Waals surface area contributed by atoms with E-state index in [1.54, 1.807) is 13.0 Å². The van der Waals surface area contributed by atoms with Gasteiger partial charge in [0.1, 0.15) is 5.82 Å². The van der Waals surface area contributed by atoms with Gasteiger partial charge in [-0.05, 0) is 51.5 Å². The molecule has 0 saturated heterocycles. The van der Waals surface area contributed by atoms with Gasteiger partial charge in [0, 0.05) is 18.7 Å². The normalized spacial score (nSPS) is 14.7. The zero-order valence-corrected chi connectivity index (χ0v) is 13.2. The maximum absolute atomic E-state index is 13.6. The minimum absolute atomic E-state index is 0.263. The fourth-order valence-corrected chi connectivity index (χ4v) is 2.35. The van der Waals surface area contributed by atoms with Gasteiger partial charge in [-0.2, -0.15) is 0 Å². The van der Waals surface area contributed by atoms with Crippen LogP contribution in [0.3, 0.4) is 0 Å². The number of hydrogen-bond acceptors (Lipinski definition) is 2. The van der Waals surface area contributed by atoms with Crippen LogP contribution in [0.4, 0.5) is 10.1 Å². The van der Waals surface area contributed by atoms with Gasteiger partial charge < -0.3 is 5.32 Å². The van der Waals surface area contributed by atoms with Crippen molar-refractivity contribution in [1.29, 1.82) is 0 Å². The number of nitrogens with one attached hydrogen (secondary N) is 2. The van der Waals surface area contributed by atoms with Crippen LogP contribution >= 0.6 is 0 Å². The van der Waals surface area contributed by atoms with E-state index in [9.17, 15) is 13.4 Å². The highest BCUT2D eigenvalue weighted by Gasteiger charge is 2.22. The summed E-state index contributed by atoms with van der Waals surface area (Å²) in [6.45, 7) is 8.74. The Bertz CT molecular complexity index is 526. The van der Waals surface area contributed by atoms with E-state index in [2.05, 4.69) is 10.0 Å². The lowest BCUT2D eigenvalue weighted by Gasteiger charge is -2.22. The zero-order chi connectivity index (χ0) is 15.5. The number of carbonyl (C=O) groups is 1. The third-order valence-corrected chi connectivity index (χ3v) is 4.26. The molecule has 6 heteroatoms. The first-order valence-electron chi connectivity index (χ1n) is 6.35. The first-order chi connectivity index (χ1) is 9.09. The van der Waals surface area contributed by atoms with E-state index in [0.717, 1.165) is 0 Å². The molecule has 20 heavy (non-hydrogen) atoms. The van der Waals surface area contributed by atoms with E-state index >= 15 is 0 Å². The quantitative estimate of drug-likeness (QED) is 0.898. The number of benzene rings is 1. The molecular formula is C14H21FN2O2S. The number of anilines is 1. The van der Waals surface area contributed by atoms with Crippen LogP contribution in [0.2, 0.25) is 0 Å². The van der Waals surface area contributed by atoms with Gasteiger partial charge in [0.25, 0.3) is 0 Å². The molecule has 1 aromatic rings. The van der Waals surface area contributed by atoms with Crippen LogP contribution in [0.1, 0.15) is 46.2 Å². The fourth-order valence-electron chi connectivity index (χ4n) is 1.54. The van der Waals surface area contributed by atoms with Crippen molar-refractivity contribution in [3.8, 4) is 0 Å². The molecule has 112 valence electrons. The summed E-state index contributed by atoms with van der Waals surface area (Å²) in [5.74, 6) is -0.707. The number of halogens is 1. The fraction of sp³-hybridized carbons (Fsp3) is 0.500. The number of hydrogen-bond donors (Lipinski definition) is 2. The highest BCUT2D eigenvalue weighted by Crippen LogP contribution is 2.21. The molecule has 2 N–H and O–H groups in total. The zero-order valence-electron chi connectivity index (χ0n) is 12.4. The van der Waals surface area contributed by atoms with Crippen LogP contribution in [0.15, 0.2) is 18.2 Å². The second kappa shape index (κ2) is 6.45. The molecule has 0 radical (unpaired) electrons. The van der Waals surface area contributed by atoms with Crippen molar-refractivity contribution in [1.82, 2.24) is 4.72 Å². The molecule has 1 unspecified atom stereocenters. The van der Waals surface area contributed by atoms with Gasteiger partial charge in [0.15, 0.2) is 0 Å². The maximum atomic E-state index is 13.6. The second-order valence-electron chi connectivity index (χ2n) is 5.68. The average molecular weight is 300 g/mol. The Morgan fingerprint density at radius 3 is 2.40 bits per heavy atom. The molecule has 1 amide bonds. The highest BCUT2D eigenvalue weighted by molar-refractivity contribution is 7.84. The summed E-state index contributed by atoms with van der Waals surface area (Å²) < 4.78 is 28.1. The Hall–Kier alpha value is -1.27. The van der Waals surface area contributed by atoms with Gasteiger partial charge in [0.2, 0.25) is 5.91 Å². The Balaban J connectivity index is 2.93. The average Bonchev–Trinajstić information content (AvgIpc) is 2.25. The summed E-state index contributed by atoms with van der Waals surface area (Å²) in [5.41, 5.74) is 1.02. The summed E-state index contributed by atoms with van der Waals surface area (Å²) in [6, 6.07) is 3.99. The van der Waals surface area contributed by atoms with Crippen molar-refractivity contribution in [3.05, 3.63) is 29.6 Å². The maximum Gasteiger partial charge on any atom is 0.221 e. The van der Waals surface area contributed by atoms with E-state index in [0.29, 0.717) is 11.3 Å². The van der Waals surface area contributed by atoms with Crippen molar-refractivity contribution in [2.45, 2.75) is 45.4 Å². The predicted octanol–water partition coefficient (Wildman–Crippen LogP) is 2.90. The Kier molecular flexibility index (Phi) is 5.42. The van der Waals surface area contributed by atoms with Crippen LogP contribution in [-0.2, 0) is 15.8 Å². The van der Waals surface area contributed by atoms with Crippen LogP contribution in [-0.4, -0.2) is 14.9 Å². The summed E-state index contributed by atoms with van der Waals surface area (Å²) in [7, 11) is -1.25.